The van der Waals surface area contributed by atoms with E-state index in [2.05, 4.69) is 0 Å². The topological polar surface area (TPSA) is 35.8 Å². The monoisotopic (exact) mass is 468 g/mol. The second-order valence-electron chi connectivity index (χ2n) is 7.11. The summed E-state index contributed by atoms with van der Waals surface area (Å²) in [6, 6.07) is 12.5. The van der Waals surface area contributed by atoms with Gasteiger partial charge < -0.3 is 10.0 Å². The van der Waals surface area contributed by atoms with Gasteiger partial charge in [-0.05, 0) is 54.7 Å². The fourth-order valence-corrected chi connectivity index (χ4v) is 5.22. The summed E-state index contributed by atoms with van der Waals surface area (Å²) in [5, 5.41) is 12.4. The molecule has 0 aliphatic carbocycles. The maximum absolute atomic E-state index is 13.4. The lowest BCUT2D eigenvalue weighted by Gasteiger charge is -2.38. The van der Waals surface area contributed by atoms with E-state index in [4.69, 9.17) is 4.99 Å². The lowest BCUT2D eigenvalue weighted by molar-refractivity contribution is -0.0649. The maximum Gasteiger partial charge on any atom is 0.162 e. The van der Waals surface area contributed by atoms with Crippen molar-refractivity contribution in [1.82, 2.24) is 4.90 Å². The van der Waals surface area contributed by atoms with Gasteiger partial charge in [-0.25, -0.2) is 8.78 Å². The average Bonchev–Trinajstić information content (AvgIpc) is 2.89. The number of halogens is 3. The van der Waals surface area contributed by atoms with Crippen molar-refractivity contribution in [2.75, 3.05) is 13.1 Å². The quantitative estimate of drug-likeness (QED) is 0.680. The maximum atomic E-state index is 13.4. The summed E-state index contributed by atoms with van der Waals surface area (Å²) in [4.78, 5) is 6.70. The van der Waals surface area contributed by atoms with E-state index in [1.54, 1.807) is 24.3 Å². The second-order valence-corrected chi connectivity index (χ2v) is 8.18. The molecule has 0 amide bonds. The van der Waals surface area contributed by atoms with Crippen molar-refractivity contribution in [3.8, 4) is 0 Å². The summed E-state index contributed by atoms with van der Waals surface area (Å²) in [7, 11) is 0. The van der Waals surface area contributed by atoms with E-state index < -0.39 is 5.72 Å². The third-order valence-electron chi connectivity index (χ3n) is 5.18. The van der Waals surface area contributed by atoms with Crippen LogP contribution in [-0.4, -0.2) is 34.0 Å². The first-order valence-corrected chi connectivity index (χ1v) is 10.2. The van der Waals surface area contributed by atoms with Crippen LogP contribution in [0, 0.1) is 11.6 Å². The van der Waals surface area contributed by atoms with Crippen molar-refractivity contribution in [3.63, 3.8) is 0 Å². The molecule has 2 aliphatic rings. The van der Waals surface area contributed by atoms with E-state index in [0.29, 0.717) is 6.42 Å². The van der Waals surface area contributed by atoms with Gasteiger partial charge in [0.25, 0.3) is 0 Å². The lowest BCUT2D eigenvalue weighted by Crippen LogP contribution is -2.51. The van der Waals surface area contributed by atoms with Crippen LogP contribution in [0.2, 0.25) is 0 Å². The first-order valence-electron chi connectivity index (χ1n) is 9.27. The predicted octanol–water partition coefficient (Wildman–Crippen LogP) is 5.10. The van der Waals surface area contributed by atoms with Gasteiger partial charge in [0.15, 0.2) is 10.9 Å². The Hall–Kier alpha value is -1.44. The summed E-state index contributed by atoms with van der Waals surface area (Å²) in [5.41, 5.74) is 0.520. The van der Waals surface area contributed by atoms with Crippen LogP contribution in [0.1, 0.15) is 35.6 Å². The molecule has 2 heterocycles. The van der Waals surface area contributed by atoms with Gasteiger partial charge in [-0.3, -0.25) is 4.99 Å². The Labute approximate surface area is 178 Å². The molecule has 1 N–H and O–H groups in total. The van der Waals surface area contributed by atoms with Crippen molar-refractivity contribution in [3.05, 3.63) is 71.3 Å². The number of aliphatic imine (C=N–C) groups is 1. The minimum Gasteiger partial charge on any atom is -0.369 e. The molecule has 0 saturated carbocycles. The number of hydrogen-bond acceptors (Lipinski definition) is 4. The molecule has 4 rings (SSSR count). The average molecular weight is 469 g/mol. The fraction of sp³-hybridized carbons (Fsp3) is 0.381. The zero-order chi connectivity index (χ0) is 18.9. The molecule has 0 spiro atoms. The molecular weight excluding hydrogens is 446 g/mol. The van der Waals surface area contributed by atoms with Crippen molar-refractivity contribution < 1.29 is 13.9 Å². The first kappa shape index (κ1) is 21.3. The van der Waals surface area contributed by atoms with Gasteiger partial charge in [-0.1, -0.05) is 36.0 Å². The number of nitrogens with zero attached hydrogens (tertiary/aromatic N) is 2. The standard InChI is InChI=1S/C21H22F2N2OS.BrH/c22-17-8-4-15(5-9-17)14-21(26)19(16-6-10-18(23)11-7-16)27-20-24-12-2-1-3-13-25(20)21;/h4-11,19,26H,1-3,12-14H2;1H/b24-20+;. The van der Waals surface area contributed by atoms with E-state index in [1.165, 1.54) is 36.0 Å². The number of benzene rings is 2. The van der Waals surface area contributed by atoms with Crippen LogP contribution in [0.4, 0.5) is 8.78 Å². The summed E-state index contributed by atoms with van der Waals surface area (Å²) >= 11 is 1.53. The van der Waals surface area contributed by atoms with Gasteiger partial charge >= 0.3 is 0 Å². The number of hydrogen-bond donors (Lipinski definition) is 1. The summed E-state index contributed by atoms with van der Waals surface area (Å²) in [6.07, 6.45) is 3.46. The fourth-order valence-electron chi connectivity index (χ4n) is 3.78. The van der Waals surface area contributed by atoms with Gasteiger partial charge in [-0.15, -0.1) is 17.0 Å². The second kappa shape index (κ2) is 8.93. The Morgan fingerprint density at radius 2 is 1.64 bits per heavy atom. The largest absolute Gasteiger partial charge is 0.369 e. The Balaban J connectivity index is 0.00000225. The molecule has 2 aromatic rings. The molecule has 0 bridgehead atoms. The molecule has 28 heavy (non-hydrogen) atoms. The number of thioether (sulfide) groups is 1. The highest BCUT2D eigenvalue weighted by molar-refractivity contribution is 8.93. The lowest BCUT2D eigenvalue weighted by atomic mass is 9.93. The van der Waals surface area contributed by atoms with Crippen LogP contribution in [0.15, 0.2) is 53.5 Å². The van der Waals surface area contributed by atoms with Gasteiger partial charge in [0.1, 0.15) is 11.6 Å². The van der Waals surface area contributed by atoms with E-state index >= 15 is 0 Å². The highest BCUT2D eigenvalue weighted by atomic mass is 79.9. The van der Waals surface area contributed by atoms with Crippen molar-refractivity contribution in [2.45, 2.75) is 36.7 Å². The predicted molar refractivity (Wildman–Crippen MR) is 115 cm³/mol. The number of aliphatic hydroxyl groups is 1. The van der Waals surface area contributed by atoms with E-state index in [9.17, 15) is 13.9 Å². The molecule has 2 aromatic carbocycles. The van der Waals surface area contributed by atoms with E-state index in [1.807, 2.05) is 4.90 Å². The normalized spacial score (nSPS) is 26.5. The van der Waals surface area contributed by atoms with Crippen molar-refractivity contribution >= 4 is 33.9 Å². The zero-order valence-corrected chi connectivity index (χ0v) is 17.9. The molecular formula is C21H23BrF2N2OS. The van der Waals surface area contributed by atoms with Crippen LogP contribution < -0.4 is 0 Å². The number of amidine groups is 1. The van der Waals surface area contributed by atoms with Crippen molar-refractivity contribution in [2.24, 2.45) is 4.99 Å². The molecule has 2 atom stereocenters. The smallest absolute Gasteiger partial charge is 0.162 e. The third kappa shape index (κ3) is 4.26. The molecule has 1 fully saturated rings. The molecule has 0 aromatic heterocycles. The van der Waals surface area contributed by atoms with Gasteiger partial charge in [0, 0.05) is 19.5 Å². The van der Waals surface area contributed by atoms with Crippen LogP contribution in [-0.2, 0) is 6.42 Å². The van der Waals surface area contributed by atoms with E-state index in [-0.39, 0.29) is 33.9 Å². The SMILES string of the molecule is Br.OC1(Cc2ccc(F)cc2)C(c2ccc(F)cc2)S/C2=N/CCCCCN21. The van der Waals surface area contributed by atoms with Gasteiger partial charge in [-0.2, -0.15) is 0 Å². The van der Waals surface area contributed by atoms with Gasteiger partial charge in [0.2, 0.25) is 0 Å². The minimum absolute atomic E-state index is 0. The Morgan fingerprint density at radius 3 is 2.32 bits per heavy atom. The van der Waals surface area contributed by atoms with Crippen LogP contribution in [0.5, 0.6) is 0 Å². The highest BCUT2D eigenvalue weighted by Gasteiger charge is 2.51. The molecule has 150 valence electrons. The zero-order valence-electron chi connectivity index (χ0n) is 15.4. The van der Waals surface area contributed by atoms with Crippen LogP contribution >= 0.6 is 28.7 Å². The Kier molecular flexibility index (Phi) is 6.78. The van der Waals surface area contributed by atoms with Crippen molar-refractivity contribution in [1.29, 1.82) is 0 Å². The number of rotatable bonds is 3. The molecule has 7 heteroatoms. The molecule has 2 unspecified atom stereocenters. The minimum atomic E-state index is -1.20. The molecule has 1 saturated heterocycles. The van der Waals surface area contributed by atoms with Crippen LogP contribution in [0.3, 0.4) is 0 Å². The first-order chi connectivity index (χ1) is 13.1. The summed E-state index contributed by atoms with van der Waals surface area (Å²) < 4.78 is 26.7. The van der Waals surface area contributed by atoms with Crippen LogP contribution in [0.25, 0.3) is 0 Å². The highest BCUT2D eigenvalue weighted by Crippen LogP contribution is 2.50. The molecule has 0 radical (unpaired) electrons. The summed E-state index contributed by atoms with van der Waals surface area (Å²) in [6.45, 7) is 1.48. The Morgan fingerprint density at radius 1 is 1.00 bits per heavy atom. The Bertz CT molecular complexity index is 831. The molecule has 3 nitrogen and oxygen atoms in total. The van der Waals surface area contributed by atoms with Gasteiger partial charge in [0.05, 0.1) is 5.25 Å². The third-order valence-corrected chi connectivity index (χ3v) is 6.62. The summed E-state index contributed by atoms with van der Waals surface area (Å²) in [5.74, 6) is -0.595. The van der Waals surface area contributed by atoms with E-state index in [0.717, 1.165) is 48.6 Å². The molecule has 2 aliphatic heterocycles. The number of fused-ring (bicyclic) bond motifs is 1.